The minimum Gasteiger partial charge on any atom is -0.344 e. The molecule has 1 atom stereocenters. The van der Waals surface area contributed by atoms with Crippen molar-refractivity contribution in [3.63, 3.8) is 0 Å². The Kier molecular flexibility index (Phi) is 3.89. The van der Waals surface area contributed by atoms with E-state index in [0.29, 0.717) is 5.92 Å². The Hall–Kier alpha value is -1.20. The largest absolute Gasteiger partial charge is 0.344 e. The summed E-state index contributed by atoms with van der Waals surface area (Å²) in [4.78, 5) is 18.8. The van der Waals surface area contributed by atoms with Crippen LogP contribution in [0.3, 0.4) is 0 Å². The first-order valence-electron chi connectivity index (χ1n) is 6.98. The van der Waals surface area contributed by atoms with Crippen LogP contribution in [0.5, 0.6) is 0 Å². The number of nitrogens with one attached hydrogen (secondary N) is 1. The van der Waals surface area contributed by atoms with Gasteiger partial charge >= 0.3 is 0 Å². The second-order valence-electron chi connectivity index (χ2n) is 5.43. The molecular weight excluding hydrogens is 288 g/mol. The number of rotatable bonds is 3. The van der Waals surface area contributed by atoms with Crippen molar-refractivity contribution in [2.75, 3.05) is 0 Å². The molecule has 0 aromatic carbocycles. The second kappa shape index (κ2) is 5.66. The van der Waals surface area contributed by atoms with E-state index in [-0.39, 0.29) is 11.9 Å². The third-order valence-corrected chi connectivity index (χ3v) is 5.89. The maximum Gasteiger partial charge on any atom is 0.263 e. The monoisotopic (exact) mass is 306 g/mol. The average Bonchev–Trinajstić information content (AvgIpc) is 3.08. The van der Waals surface area contributed by atoms with Crippen molar-refractivity contribution in [3.8, 4) is 0 Å². The van der Waals surface area contributed by atoms with E-state index >= 15 is 0 Å². The first-order chi connectivity index (χ1) is 9.65. The van der Waals surface area contributed by atoms with Gasteiger partial charge in [0.05, 0.1) is 17.2 Å². The summed E-state index contributed by atoms with van der Waals surface area (Å²) in [6, 6.07) is 2.32. The molecule has 20 heavy (non-hydrogen) atoms. The minimum atomic E-state index is 0.0125. The highest BCUT2D eigenvalue weighted by Crippen LogP contribution is 2.33. The number of carbonyl (C=O) groups is 1. The molecular formula is C15H18N2OS2. The summed E-state index contributed by atoms with van der Waals surface area (Å²) in [5.41, 5.74) is 1.31. The zero-order valence-electron chi connectivity index (χ0n) is 11.7. The Labute approximate surface area is 127 Å². The quantitative estimate of drug-likeness (QED) is 0.926. The fourth-order valence-corrected chi connectivity index (χ4v) is 4.34. The molecule has 0 radical (unpaired) electrons. The van der Waals surface area contributed by atoms with E-state index in [1.165, 1.54) is 21.8 Å². The highest BCUT2D eigenvalue weighted by Gasteiger charge is 2.24. The number of hydrogen-bond acceptors (Lipinski definition) is 4. The molecule has 0 spiro atoms. The van der Waals surface area contributed by atoms with Crippen LogP contribution in [0.4, 0.5) is 0 Å². The molecule has 5 heteroatoms. The number of aryl methyl sites for hydroxylation is 1. The van der Waals surface area contributed by atoms with Crippen LogP contribution in [0.1, 0.15) is 63.8 Å². The standard InChI is InChI=1S/C15H18N2OS2/c1-9(2)15-16-8-13(20-15)14(18)17-11-4-3-5-12-10(11)6-7-19-12/h6-9,11H,3-5H2,1-2H3,(H,17,18). The van der Waals surface area contributed by atoms with Crippen molar-refractivity contribution >= 4 is 28.6 Å². The zero-order valence-corrected chi connectivity index (χ0v) is 13.3. The molecule has 1 amide bonds. The Morgan fingerprint density at radius 3 is 3.10 bits per heavy atom. The van der Waals surface area contributed by atoms with Crippen LogP contribution in [0.25, 0.3) is 0 Å². The molecule has 2 heterocycles. The van der Waals surface area contributed by atoms with Crippen LogP contribution in [0, 0.1) is 0 Å². The Bertz CT molecular complexity index is 615. The van der Waals surface area contributed by atoms with Gasteiger partial charge in [-0.2, -0.15) is 0 Å². The van der Waals surface area contributed by atoms with E-state index < -0.39 is 0 Å². The van der Waals surface area contributed by atoms with Gasteiger partial charge < -0.3 is 5.32 Å². The van der Waals surface area contributed by atoms with E-state index in [0.717, 1.165) is 29.1 Å². The van der Waals surface area contributed by atoms with Crippen LogP contribution in [-0.4, -0.2) is 10.9 Å². The van der Waals surface area contributed by atoms with Gasteiger partial charge in [0, 0.05) is 10.8 Å². The van der Waals surface area contributed by atoms with Crippen LogP contribution in [0.15, 0.2) is 17.6 Å². The fraction of sp³-hybridized carbons (Fsp3) is 0.467. The number of thiazole rings is 1. The highest BCUT2D eigenvalue weighted by molar-refractivity contribution is 7.13. The first-order valence-corrected chi connectivity index (χ1v) is 8.67. The normalized spacial score (nSPS) is 18.1. The first kappa shape index (κ1) is 13.8. The van der Waals surface area contributed by atoms with Gasteiger partial charge in [-0.3, -0.25) is 4.79 Å². The van der Waals surface area contributed by atoms with E-state index in [2.05, 4.69) is 35.6 Å². The Morgan fingerprint density at radius 1 is 1.50 bits per heavy atom. The molecule has 1 unspecified atom stereocenters. The maximum absolute atomic E-state index is 12.3. The Morgan fingerprint density at radius 2 is 2.35 bits per heavy atom. The van der Waals surface area contributed by atoms with Crippen molar-refractivity contribution in [2.45, 2.75) is 45.1 Å². The third-order valence-electron chi connectivity index (χ3n) is 3.60. The van der Waals surface area contributed by atoms with Gasteiger partial charge in [-0.25, -0.2) is 4.98 Å². The number of aromatic nitrogens is 1. The molecule has 0 bridgehead atoms. The lowest BCUT2D eigenvalue weighted by molar-refractivity contribution is 0.0937. The molecule has 3 nitrogen and oxygen atoms in total. The number of carbonyl (C=O) groups excluding carboxylic acids is 1. The van der Waals surface area contributed by atoms with Crippen LogP contribution in [-0.2, 0) is 6.42 Å². The SMILES string of the molecule is CC(C)c1ncc(C(=O)NC2CCCc3sccc32)s1. The van der Waals surface area contributed by atoms with Gasteiger partial charge in [0.25, 0.3) is 5.91 Å². The van der Waals surface area contributed by atoms with Gasteiger partial charge in [0.2, 0.25) is 0 Å². The van der Waals surface area contributed by atoms with Gasteiger partial charge in [0.15, 0.2) is 0 Å². The van der Waals surface area contributed by atoms with Crippen molar-refractivity contribution in [1.29, 1.82) is 0 Å². The number of thiophene rings is 1. The summed E-state index contributed by atoms with van der Waals surface area (Å²) in [6.07, 6.45) is 5.04. The van der Waals surface area contributed by atoms with Crippen molar-refractivity contribution < 1.29 is 4.79 Å². The lowest BCUT2D eigenvalue weighted by atomic mass is 9.94. The molecule has 0 saturated carbocycles. The third kappa shape index (κ3) is 2.65. The molecule has 3 rings (SSSR count). The molecule has 2 aromatic rings. The van der Waals surface area contributed by atoms with Gasteiger partial charge in [0.1, 0.15) is 4.88 Å². The summed E-state index contributed by atoms with van der Waals surface area (Å²) < 4.78 is 0. The molecule has 0 aliphatic heterocycles. The topological polar surface area (TPSA) is 42.0 Å². The number of fused-ring (bicyclic) bond motifs is 1. The number of hydrogen-bond donors (Lipinski definition) is 1. The molecule has 2 aromatic heterocycles. The van der Waals surface area contributed by atoms with Gasteiger partial charge in [-0.1, -0.05) is 13.8 Å². The fourth-order valence-electron chi connectivity index (χ4n) is 2.53. The molecule has 0 saturated heterocycles. The molecule has 1 N–H and O–H groups in total. The van der Waals surface area contributed by atoms with Crippen molar-refractivity contribution in [2.24, 2.45) is 0 Å². The second-order valence-corrected chi connectivity index (χ2v) is 7.50. The van der Waals surface area contributed by atoms with E-state index in [9.17, 15) is 4.79 Å². The summed E-state index contributed by atoms with van der Waals surface area (Å²) >= 11 is 3.30. The lowest BCUT2D eigenvalue weighted by Crippen LogP contribution is -2.29. The predicted molar refractivity (Wildman–Crippen MR) is 83.7 cm³/mol. The predicted octanol–water partition coefficient (Wildman–Crippen LogP) is 4.14. The maximum atomic E-state index is 12.3. The number of nitrogens with zero attached hydrogens (tertiary/aromatic N) is 1. The van der Waals surface area contributed by atoms with Gasteiger partial charge in [-0.15, -0.1) is 22.7 Å². The lowest BCUT2D eigenvalue weighted by Gasteiger charge is -2.23. The summed E-state index contributed by atoms with van der Waals surface area (Å²) in [5.74, 6) is 0.387. The van der Waals surface area contributed by atoms with E-state index in [1.54, 1.807) is 17.5 Å². The highest BCUT2D eigenvalue weighted by atomic mass is 32.1. The Balaban J connectivity index is 1.74. The van der Waals surface area contributed by atoms with Crippen molar-refractivity contribution in [3.05, 3.63) is 38.0 Å². The molecule has 1 aliphatic carbocycles. The molecule has 0 fully saturated rings. The van der Waals surface area contributed by atoms with Crippen LogP contribution < -0.4 is 5.32 Å². The van der Waals surface area contributed by atoms with E-state index in [1.807, 2.05) is 0 Å². The van der Waals surface area contributed by atoms with Gasteiger partial charge in [-0.05, 0) is 36.3 Å². The van der Waals surface area contributed by atoms with E-state index in [4.69, 9.17) is 0 Å². The average molecular weight is 306 g/mol. The minimum absolute atomic E-state index is 0.0125. The smallest absolute Gasteiger partial charge is 0.263 e. The molecule has 1 aliphatic rings. The van der Waals surface area contributed by atoms with Crippen molar-refractivity contribution in [1.82, 2.24) is 10.3 Å². The zero-order chi connectivity index (χ0) is 14.1. The number of amides is 1. The van der Waals surface area contributed by atoms with Crippen LogP contribution in [0.2, 0.25) is 0 Å². The summed E-state index contributed by atoms with van der Waals surface area (Å²) in [7, 11) is 0. The summed E-state index contributed by atoms with van der Waals surface area (Å²) in [6.45, 7) is 4.19. The molecule has 106 valence electrons. The van der Waals surface area contributed by atoms with Crippen LogP contribution >= 0.6 is 22.7 Å². The summed E-state index contributed by atoms with van der Waals surface area (Å²) in [5, 5.41) is 6.31.